The summed E-state index contributed by atoms with van der Waals surface area (Å²) in [6, 6.07) is 5.70. The van der Waals surface area contributed by atoms with E-state index in [2.05, 4.69) is 5.32 Å². The summed E-state index contributed by atoms with van der Waals surface area (Å²) in [7, 11) is -2.51. The second-order valence-corrected chi connectivity index (χ2v) is 9.00. The third-order valence-corrected chi connectivity index (χ3v) is 4.92. The molecule has 8 nitrogen and oxygen atoms in total. The molecule has 1 amide bonds. The lowest BCUT2D eigenvalue weighted by Crippen LogP contribution is -2.33. The molecule has 170 valence electrons. The molecule has 0 fully saturated rings. The number of methoxy groups -OCH3 is 1. The van der Waals surface area contributed by atoms with Gasteiger partial charge >= 0.3 is 0 Å². The number of hydrogen-bond acceptors (Lipinski definition) is 7. The van der Waals surface area contributed by atoms with Crippen molar-refractivity contribution in [3.8, 4) is 0 Å². The first-order valence-corrected chi connectivity index (χ1v) is 11.4. The number of anilines is 2. The van der Waals surface area contributed by atoms with Crippen LogP contribution in [0.4, 0.5) is 24.5 Å². The minimum absolute atomic E-state index is 0.160. The first-order valence-electron chi connectivity index (χ1n) is 8.51. The van der Waals surface area contributed by atoms with Crippen molar-refractivity contribution in [3.05, 3.63) is 56.9 Å². The van der Waals surface area contributed by atoms with Gasteiger partial charge in [0.25, 0.3) is 16.0 Å². The van der Waals surface area contributed by atoms with Gasteiger partial charge in [-0.1, -0.05) is 0 Å². The molecule has 0 spiro atoms. The van der Waals surface area contributed by atoms with Gasteiger partial charge in [0.1, 0.15) is 18.5 Å². The molecule has 0 bridgehead atoms. The van der Waals surface area contributed by atoms with E-state index in [4.69, 9.17) is 13.8 Å². The summed E-state index contributed by atoms with van der Waals surface area (Å²) >= 11 is 1.88. The molecule has 2 aromatic rings. The van der Waals surface area contributed by atoms with Crippen LogP contribution in [0.15, 0.2) is 30.3 Å². The van der Waals surface area contributed by atoms with Gasteiger partial charge in [0.2, 0.25) is 0 Å². The number of halogens is 4. The molecule has 0 aliphatic heterocycles. The first-order chi connectivity index (χ1) is 14.5. The minimum Gasteiger partial charge on any atom is -0.382 e. The number of hydrogen-bond donors (Lipinski definition) is 2. The Morgan fingerprint density at radius 1 is 1.13 bits per heavy atom. The van der Waals surface area contributed by atoms with E-state index in [1.807, 2.05) is 28.1 Å². The molecule has 2 aromatic carbocycles. The number of nitrogens with one attached hydrogen (secondary N) is 2. The van der Waals surface area contributed by atoms with Crippen molar-refractivity contribution in [2.45, 2.75) is 6.10 Å². The van der Waals surface area contributed by atoms with Gasteiger partial charge in [0.15, 0.2) is 11.6 Å². The molecule has 0 saturated heterocycles. The summed E-state index contributed by atoms with van der Waals surface area (Å²) in [5, 5.41) is 2.37. The Bertz CT molecular complexity index is 1050. The first kappa shape index (κ1) is 25.3. The second-order valence-electron chi connectivity index (χ2n) is 6.15. The van der Waals surface area contributed by atoms with Crippen molar-refractivity contribution >= 4 is 50.0 Å². The molecular weight excluding hydrogens is 556 g/mol. The van der Waals surface area contributed by atoms with Crippen LogP contribution in [0.2, 0.25) is 0 Å². The Balaban J connectivity index is 2.18. The van der Waals surface area contributed by atoms with Gasteiger partial charge in [-0.05, 0) is 52.9 Å². The van der Waals surface area contributed by atoms with E-state index in [1.54, 1.807) is 0 Å². The Morgan fingerprint density at radius 3 is 2.45 bits per heavy atom. The van der Waals surface area contributed by atoms with Gasteiger partial charge in [0.05, 0.1) is 29.8 Å². The van der Waals surface area contributed by atoms with Gasteiger partial charge in [-0.2, -0.15) is 8.42 Å². The van der Waals surface area contributed by atoms with Crippen molar-refractivity contribution in [1.82, 2.24) is 5.48 Å². The fraction of sp³-hybridized carbons (Fsp3) is 0.278. The van der Waals surface area contributed by atoms with E-state index < -0.39 is 51.9 Å². The van der Waals surface area contributed by atoms with E-state index in [9.17, 15) is 26.4 Å². The maximum Gasteiger partial charge on any atom is 0.277 e. The quantitative estimate of drug-likeness (QED) is 0.256. The van der Waals surface area contributed by atoms with Crippen molar-refractivity contribution in [1.29, 1.82) is 0 Å². The van der Waals surface area contributed by atoms with Gasteiger partial charge in [0, 0.05) is 10.7 Å². The van der Waals surface area contributed by atoms with Crippen LogP contribution in [0.1, 0.15) is 10.4 Å². The number of benzene rings is 2. The van der Waals surface area contributed by atoms with Crippen LogP contribution in [0.3, 0.4) is 0 Å². The lowest BCUT2D eigenvalue weighted by Gasteiger charge is -2.17. The molecule has 2 N–H and O–H groups in total. The predicted octanol–water partition coefficient (Wildman–Crippen LogP) is 3.10. The van der Waals surface area contributed by atoms with Crippen LogP contribution >= 0.6 is 22.6 Å². The van der Waals surface area contributed by atoms with Crippen molar-refractivity contribution in [2.75, 3.05) is 31.9 Å². The maximum atomic E-state index is 14.4. The number of rotatable bonds is 10. The van der Waals surface area contributed by atoms with Crippen molar-refractivity contribution < 1.29 is 40.1 Å². The Morgan fingerprint density at radius 2 is 1.84 bits per heavy atom. The zero-order valence-electron chi connectivity index (χ0n) is 16.2. The number of carbonyl (C=O) groups is 1. The summed E-state index contributed by atoms with van der Waals surface area (Å²) in [4.78, 5) is 17.4. The summed E-state index contributed by atoms with van der Waals surface area (Å²) in [6.07, 6.45) is -0.235. The standard InChI is InChI=1S/C18H18F3IN2O6S/c1-28-8-11(30-31(2,26)27)9-29-24-18(25)12-4-5-13(19)16(21)17(12)23-15-6-3-10(22)7-14(15)20/h3-7,11,23H,8-9H2,1-2H3,(H,24,25). The highest BCUT2D eigenvalue weighted by Gasteiger charge is 2.22. The van der Waals surface area contributed by atoms with Gasteiger partial charge in [-0.3, -0.25) is 13.8 Å². The average molecular weight is 574 g/mol. The number of amides is 1. The third kappa shape index (κ3) is 7.60. The lowest BCUT2D eigenvalue weighted by atomic mass is 10.1. The second kappa shape index (κ2) is 11.1. The van der Waals surface area contributed by atoms with E-state index in [0.29, 0.717) is 3.57 Å². The van der Waals surface area contributed by atoms with E-state index >= 15 is 0 Å². The molecule has 1 atom stereocenters. The molecule has 0 saturated carbocycles. The normalized spacial score (nSPS) is 12.5. The predicted molar refractivity (Wildman–Crippen MR) is 114 cm³/mol. The van der Waals surface area contributed by atoms with Crippen LogP contribution in [-0.2, 0) is 23.9 Å². The molecule has 31 heavy (non-hydrogen) atoms. The molecule has 0 radical (unpaired) electrons. The van der Waals surface area contributed by atoms with Crippen molar-refractivity contribution in [2.24, 2.45) is 0 Å². The summed E-state index contributed by atoms with van der Waals surface area (Å²) in [5.74, 6) is -4.39. The SMILES string of the molecule is COCC(CONC(=O)c1ccc(F)c(F)c1Nc1ccc(I)cc1F)OS(C)(=O)=O. The molecule has 0 aliphatic carbocycles. The van der Waals surface area contributed by atoms with E-state index in [-0.39, 0.29) is 17.9 Å². The number of hydroxylamine groups is 1. The largest absolute Gasteiger partial charge is 0.382 e. The molecule has 13 heteroatoms. The van der Waals surface area contributed by atoms with Gasteiger partial charge in [-0.15, -0.1) is 0 Å². The van der Waals surface area contributed by atoms with Crippen LogP contribution in [0.25, 0.3) is 0 Å². The molecule has 0 aliphatic rings. The fourth-order valence-corrected chi connectivity index (χ4v) is 3.44. The lowest BCUT2D eigenvalue weighted by molar-refractivity contribution is -0.0246. The molecule has 0 aromatic heterocycles. The zero-order chi connectivity index (χ0) is 23.2. The summed E-state index contributed by atoms with van der Waals surface area (Å²) in [6.45, 7) is -0.585. The molecular formula is C18H18F3IN2O6S. The summed E-state index contributed by atoms with van der Waals surface area (Å²) in [5.41, 5.74) is 0.803. The van der Waals surface area contributed by atoms with E-state index in [1.165, 1.54) is 25.3 Å². The van der Waals surface area contributed by atoms with Crippen LogP contribution in [-0.4, -0.2) is 47.0 Å². The highest BCUT2D eigenvalue weighted by atomic mass is 127. The number of ether oxygens (including phenoxy) is 1. The highest BCUT2D eigenvalue weighted by Crippen LogP contribution is 2.28. The van der Waals surface area contributed by atoms with Gasteiger partial charge < -0.3 is 10.1 Å². The summed E-state index contributed by atoms with van der Waals surface area (Å²) < 4.78 is 74.8. The maximum absolute atomic E-state index is 14.4. The average Bonchev–Trinajstić information content (AvgIpc) is 2.66. The van der Waals surface area contributed by atoms with Gasteiger partial charge in [-0.25, -0.2) is 18.7 Å². The Labute approximate surface area is 190 Å². The topological polar surface area (TPSA) is 103 Å². The van der Waals surface area contributed by atoms with E-state index in [0.717, 1.165) is 18.4 Å². The van der Waals surface area contributed by atoms with Crippen LogP contribution in [0, 0.1) is 21.0 Å². The van der Waals surface area contributed by atoms with Crippen molar-refractivity contribution in [3.63, 3.8) is 0 Å². The minimum atomic E-state index is -3.82. The molecule has 1 unspecified atom stereocenters. The molecule has 0 heterocycles. The number of carbonyl (C=O) groups excluding carboxylic acids is 1. The highest BCUT2D eigenvalue weighted by molar-refractivity contribution is 14.1. The third-order valence-electron chi connectivity index (χ3n) is 3.63. The van der Waals surface area contributed by atoms with Crippen LogP contribution < -0.4 is 10.8 Å². The zero-order valence-corrected chi connectivity index (χ0v) is 19.2. The monoisotopic (exact) mass is 574 g/mol. The Kier molecular flexibility index (Phi) is 9.05. The van der Waals surface area contributed by atoms with Crippen LogP contribution in [0.5, 0.6) is 0 Å². The smallest absolute Gasteiger partial charge is 0.277 e. The Hall–Kier alpha value is -1.94. The molecule has 2 rings (SSSR count). The fourth-order valence-electron chi connectivity index (χ4n) is 2.38.